The van der Waals surface area contributed by atoms with Crippen LogP contribution in [0, 0.1) is 0 Å². The predicted molar refractivity (Wildman–Crippen MR) is 109 cm³/mol. The Hall–Kier alpha value is -2.29. The average Bonchev–Trinajstić information content (AvgIpc) is 2.63. The smallest absolute Gasteiger partial charge is 0.263 e. The molecule has 0 saturated carbocycles. The minimum Gasteiger partial charge on any atom is -0.494 e. The summed E-state index contributed by atoms with van der Waals surface area (Å²) in [6.45, 7) is 4.49. The molecule has 0 aliphatic rings. The lowest BCUT2D eigenvalue weighted by Crippen LogP contribution is -2.35. The Labute approximate surface area is 170 Å². The molecule has 0 aliphatic carbocycles. The summed E-state index contributed by atoms with van der Waals surface area (Å²) in [6, 6.07) is 10.3. The molecule has 0 aliphatic heterocycles. The average molecular weight is 427 g/mol. The number of halogens is 1. The molecule has 0 bridgehead atoms. The lowest BCUT2D eigenvalue weighted by atomic mass is 10.2. The molecule has 152 valence electrons. The quantitative estimate of drug-likeness (QED) is 0.641. The van der Waals surface area contributed by atoms with Crippen LogP contribution >= 0.6 is 11.6 Å². The van der Waals surface area contributed by atoms with E-state index in [0.29, 0.717) is 24.7 Å². The molecule has 9 heteroatoms. The van der Waals surface area contributed by atoms with Gasteiger partial charge in [0.05, 0.1) is 18.2 Å². The number of methoxy groups -OCH3 is 1. The van der Waals surface area contributed by atoms with Gasteiger partial charge in [0.1, 0.15) is 10.6 Å². The predicted octanol–water partition coefficient (Wildman–Crippen LogP) is 3.30. The van der Waals surface area contributed by atoms with E-state index in [4.69, 9.17) is 21.1 Å². The van der Waals surface area contributed by atoms with Crippen molar-refractivity contribution in [2.45, 2.75) is 24.8 Å². The molecule has 2 aromatic rings. The Bertz CT molecular complexity index is 916. The van der Waals surface area contributed by atoms with E-state index in [2.05, 4.69) is 10.0 Å². The van der Waals surface area contributed by atoms with Gasteiger partial charge in [-0.2, -0.15) is 0 Å². The molecule has 0 saturated heterocycles. The van der Waals surface area contributed by atoms with E-state index in [1.165, 1.54) is 25.3 Å². The van der Waals surface area contributed by atoms with Gasteiger partial charge in [-0.15, -0.1) is 0 Å². The molecule has 0 aromatic heterocycles. The molecule has 1 amide bonds. The number of amides is 1. The van der Waals surface area contributed by atoms with Crippen molar-refractivity contribution in [3.05, 3.63) is 53.1 Å². The van der Waals surface area contributed by atoms with Crippen molar-refractivity contribution in [2.24, 2.45) is 0 Å². The number of anilines is 1. The molecule has 2 aromatic carbocycles. The second-order valence-corrected chi connectivity index (χ2v) is 8.10. The van der Waals surface area contributed by atoms with Crippen LogP contribution in [0.5, 0.6) is 5.75 Å². The number of rotatable bonds is 9. The summed E-state index contributed by atoms with van der Waals surface area (Å²) >= 11 is 6.08. The third kappa shape index (κ3) is 5.85. The van der Waals surface area contributed by atoms with E-state index in [-0.39, 0.29) is 21.5 Å². The van der Waals surface area contributed by atoms with Crippen LogP contribution in [0.2, 0.25) is 5.02 Å². The molecule has 2 rings (SSSR count). The van der Waals surface area contributed by atoms with Crippen molar-refractivity contribution in [1.29, 1.82) is 0 Å². The number of hydrogen-bond donors (Lipinski definition) is 2. The number of nitrogens with one attached hydrogen (secondary N) is 2. The number of hydrogen-bond acceptors (Lipinski definition) is 5. The zero-order chi connectivity index (χ0) is 20.7. The Morgan fingerprint density at radius 2 is 1.86 bits per heavy atom. The maximum atomic E-state index is 12.8. The van der Waals surface area contributed by atoms with Crippen molar-refractivity contribution in [3.63, 3.8) is 0 Å². The molecule has 1 atom stereocenters. The molecular weight excluding hydrogens is 404 g/mol. The summed E-state index contributed by atoms with van der Waals surface area (Å²) in [5.41, 5.74) is 0.530. The monoisotopic (exact) mass is 426 g/mol. The fourth-order valence-corrected chi connectivity index (χ4v) is 4.03. The van der Waals surface area contributed by atoms with E-state index in [1.54, 1.807) is 31.2 Å². The maximum absolute atomic E-state index is 12.8. The largest absolute Gasteiger partial charge is 0.494 e. The highest BCUT2D eigenvalue weighted by molar-refractivity contribution is 7.92. The van der Waals surface area contributed by atoms with Gasteiger partial charge in [-0.05, 0) is 56.3 Å². The number of carbonyl (C=O) groups is 1. The van der Waals surface area contributed by atoms with Crippen LogP contribution in [-0.2, 0) is 14.8 Å². The first-order valence-electron chi connectivity index (χ1n) is 8.62. The number of benzene rings is 2. The molecular formula is C19H23ClN2O5S. The standard InChI is InChI=1S/C19H23ClN2O5S/c1-4-27-16-8-6-15(7-9-16)22-28(24,25)18-11-14(5-10-17(18)20)19(23)21-13(2)12-26-3/h5-11,13,22H,4,12H2,1-3H3,(H,21,23). The summed E-state index contributed by atoms with van der Waals surface area (Å²) in [4.78, 5) is 12.2. The van der Waals surface area contributed by atoms with Crippen molar-refractivity contribution >= 4 is 33.2 Å². The second kappa shape index (κ2) is 9.77. The van der Waals surface area contributed by atoms with E-state index in [9.17, 15) is 13.2 Å². The van der Waals surface area contributed by atoms with Gasteiger partial charge in [0.15, 0.2) is 0 Å². The molecule has 0 spiro atoms. The van der Waals surface area contributed by atoms with Gasteiger partial charge in [-0.1, -0.05) is 11.6 Å². The molecule has 0 radical (unpaired) electrons. The molecule has 2 N–H and O–H groups in total. The van der Waals surface area contributed by atoms with Crippen LogP contribution in [0.25, 0.3) is 0 Å². The molecule has 7 nitrogen and oxygen atoms in total. The first-order valence-corrected chi connectivity index (χ1v) is 10.5. The first-order chi connectivity index (χ1) is 13.3. The zero-order valence-corrected chi connectivity index (χ0v) is 17.4. The fraction of sp³-hybridized carbons (Fsp3) is 0.316. The number of carbonyl (C=O) groups excluding carboxylic acids is 1. The SMILES string of the molecule is CCOc1ccc(NS(=O)(=O)c2cc(C(=O)NC(C)COC)ccc2Cl)cc1. The van der Waals surface area contributed by atoms with Gasteiger partial charge in [0, 0.05) is 24.4 Å². The number of sulfonamides is 1. The molecule has 0 heterocycles. The molecule has 0 fully saturated rings. The van der Waals surface area contributed by atoms with Crippen LogP contribution in [0.1, 0.15) is 24.2 Å². The van der Waals surface area contributed by atoms with Gasteiger partial charge >= 0.3 is 0 Å². The van der Waals surface area contributed by atoms with Gasteiger partial charge in [-0.25, -0.2) is 8.42 Å². The van der Waals surface area contributed by atoms with Crippen molar-refractivity contribution < 1.29 is 22.7 Å². The maximum Gasteiger partial charge on any atom is 0.263 e. The Kier molecular flexibility index (Phi) is 7.68. The highest BCUT2D eigenvalue weighted by atomic mass is 35.5. The molecule has 1 unspecified atom stereocenters. The zero-order valence-electron chi connectivity index (χ0n) is 15.9. The Morgan fingerprint density at radius 3 is 2.46 bits per heavy atom. The Balaban J connectivity index is 2.23. The van der Waals surface area contributed by atoms with Crippen molar-refractivity contribution in [2.75, 3.05) is 25.0 Å². The van der Waals surface area contributed by atoms with E-state index >= 15 is 0 Å². The topological polar surface area (TPSA) is 93.7 Å². The Morgan fingerprint density at radius 1 is 1.18 bits per heavy atom. The third-order valence-electron chi connectivity index (χ3n) is 3.69. The summed E-state index contributed by atoms with van der Waals surface area (Å²) < 4.78 is 38.3. The van der Waals surface area contributed by atoms with Crippen LogP contribution < -0.4 is 14.8 Å². The lowest BCUT2D eigenvalue weighted by Gasteiger charge is -2.14. The van der Waals surface area contributed by atoms with Crippen molar-refractivity contribution in [1.82, 2.24) is 5.32 Å². The van der Waals surface area contributed by atoms with Gasteiger partial charge in [-0.3, -0.25) is 9.52 Å². The summed E-state index contributed by atoms with van der Waals surface area (Å²) in [5, 5.41) is 2.74. The van der Waals surface area contributed by atoms with Crippen LogP contribution in [0.15, 0.2) is 47.4 Å². The highest BCUT2D eigenvalue weighted by Gasteiger charge is 2.21. The second-order valence-electron chi connectivity index (χ2n) is 6.04. The van der Waals surface area contributed by atoms with E-state index in [1.807, 2.05) is 6.92 Å². The van der Waals surface area contributed by atoms with Crippen LogP contribution in [0.3, 0.4) is 0 Å². The summed E-state index contributed by atoms with van der Waals surface area (Å²) in [5.74, 6) is 0.214. The van der Waals surface area contributed by atoms with Gasteiger partial charge in [0.25, 0.3) is 15.9 Å². The third-order valence-corrected chi connectivity index (χ3v) is 5.56. The minimum atomic E-state index is -3.99. The van der Waals surface area contributed by atoms with Crippen LogP contribution in [0.4, 0.5) is 5.69 Å². The van der Waals surface area contributed by atoms with E-state index in [0.717, 1.165) is 0 Å². The lowest BCUT2D eigenvalue weighted by molar-refractivity contribution is 0.0905. The van der Waals surface area contributed by atoms with E-state index < -0.39 is 15.9 Å². The van der Waals surface area contributed by atoms with Gasteiger partial charge in [0.2, 0.25) is 0 Å². The van der Waals surface area contributed by atoms with Crippen molar-refractivity contribution in [3.8, 4) is 5.75 Å². The van der Waals surface area contributed by atoms with Gasteiger partial charge < -0.3 is 14.8 Å². The molecule has 28 heavy (non-hydrogen) atoms. The summed E-state index contributed by atoms with van der Waals surface area (Å²) in [7, 11) is -2.46. The van der Waals surface area contributed by atoms with Crippen LogP contribution in [-0.4, -0.2) is 40.7 Å². The number of ether oxygens (including phenoxy) is 2. The normalized spacial score (nSPS) is 12.3. The highest BCUT2D eigenvalue weighted by Crippen LogP contribution is 2.26. The summed E-state index contributed by atoms with van der Waals surface area (Å²) in [6.07, 6.45) is 0. The fourth-order valence-electron chi connectivity index (χ4n) is 2.45. The minimum absolute atomic E-state index is 0.0138. The first kappa shape index (κ1) is 22.0.